The van der Waals surface area contributed by atoms with Crippen molar-refractivity contribution in [3.63, 3.8) is 0 Å². The average Bonchev–Trinajstić information content (AvgIpc) is 2.75. The Labute approximate surface area is 175 Å². The van der Waals surface area contributed by atoms with E-state index in [2.05, 4.69) is 15.5 Å². The second-order valence-electron chi connectivity index (χ2n) is 7.32. The number of rotatable bonds is 6. The zero-order valence-corrected chi connectivity index (χ0v) is 17.2. The summed E-state index contributed by atoms with van der Waals surface area (Å²) < 4.78 is 18.7. The van der Waals surface area contributed by atoms with Crippen LogP contribution in [-0.2, 0) is 14.3 Å². The molecule has 3 rings (SSSR count). The summed E-state index contributed by atoms with van der Waals surface area (Å²) in [5.41, 5.74) is 2.37. The Hall–Kier alpha value is -2.97. The summed E-state index contributed by atoms with van der Waals surface area (Å²) in [6.07, 6.45) is 0. The molecule has 1 fully saturated rings. The fourth-order valence-corrected chi connectivity index (χ4v) is 3.37. The summed E-state index contributed by atoms with van der Waals surface area (Å²) in [7, 11) is 3.96. The fourth-order valence-electron chi connectivity index (χ4n) is 3.37. The van der Waals surface area contributed by atoms with Crippen molar-refractivity contribution in [2.45, 2.75) is 6.04 Å². The average molecular weight is 414 g/mol. The van der Waals surface area contributed by atoms with Gasteiger partial charge in [0.15, 0.2) is 0 Å². The van der Waals surface area contributed by atoms with E-state index in [4.69, 9.17) is 4.74 Å². The lowest BCUT2D eigenvalue weighted by Gasteiger charge is -2.35. The van der Waals surface area contributed by atoms with E-state index in [0.29, 0.717) is 13.2 Å². The lowest BCUT2D eigenvalue weighted by molar-refractivity contribution is -0.136. The standard InChI is InChI=1S/C22H27FN4O3/c1-26(2)19-8-6-16(7-9-19)20(27-10-12-30-13-11-27)15-24-21(28)22(29)25-18-5-3-4-17(23)14-18/h3-9,14,20H,10-13,15H2,1-2H3,(H,24,28)(H,25,29)/t20-/m1/s1. The molecule has 2 amide bonds. The van der Waals surface area contributed by atoms with E-state index in [0.717, 1.165) is 30.4 Å². The zero-order valence-electron chi connectivity index (χ0n) is 17.2. The zero-order chi connectivity index (χ0) is 21.5. The van der Waals surface area contributed by atoms with Crippen molar-refractivity contribution in [1.82, 2.24) is 10.2 Å². The number of anilines is 2. The Balaban J connectivity index is 1.66. The minimum Gasteiger partial charge on any atom is -0.379 e. The van der Waals surface area contributed by atoms with Gasteiger partial charge in [-0.2, -0.15) is 0 Å². The van der Waals surface area contributed by atoms with E-state index in [1.54, 1.807) is 0 Å². The highest BCUT2D eigenvalue weighted by Gasteiger charge is 2.24. The van der Waals surface area contributed by atoms with Crippen molar-refractivity contribution in [3.8, 4) is 0 Å². The fraction of sp³-hybridized carbons (Fsp3) is 0.364. The first-order valence-electron chi connectivity index (χ1n) is 9.88. The molecule has 0 aromatic heterocycles. The molecule has 0 spiro atoms. The minimum absolute atomic E-state index is 0.0870. The van der Waals surface area contributed by atoms with E-state index in [1.807, 2.05) is 43.3 Å². The lowest BCUT2D eigenvalue weighted by atomic mass is 10.0. The first-order chi connectivity index (χ1) is 14.4. The third kappa shape index (κ3) is 5.77. The summed E-state index contributed by atoms with van der Waals surface area (Å²) >= 11 is 0. The molecule has 0 saturated carbocycles. The number of amides is 2. The van der Waals surface area contributed by atoms with Crippen molar-refractivity contribution in [2.24, 2.45) is 0 Å². The van der Waals surface area contributed by atoms with Crippen molar-refractivity contribution >= 4 is 23.2 Å². The molecule has 2 aromatic rings. The largest absolute Gasteiger partial charge is 0.379 e. The summed E-state index contributed by atoms with van der Waals surface area (Å²) in [5.74, 6) is -2.08. The van der Waals surface area contributed by atoms with Gasteiger partial charge < -0.3 is 20.3 Å². The Bertz CT molecular complexity index is 867. The van der Waals surface area contributed by atoms with Crippen molar-refractivity contribution in [1.29, 1.82) is 0 Å². The highest BCUT2D eigenvalue weighted by Crippen LogP contribution is 2.23. The third-order valence-corrected chi connectivity index (χ3v) is 5.03. The van der Waals surface area contributed by atoms with Crippen LogP contribution >= 0.6 is 0 Å². The van der Waals surface area contributed by atoms with Crippen LogP contribution in [-0.4, -0.2) is 63.7 Å². The number of carbonyl (C=O) groups excluding carboxylic acids is 2. The number of benzene rings is 2. The van der Waals surface area contributed by atoms with E-state index >= 15 is 0 Å². The maximum absolute atomic E-state index is 13.3. The number of nitrogens with one attached hydrogen (secondary N) is 2. The molecule has 8 heteroatoms. The topological polar surface area (TPSA) is 73.9 Å². The Morgan fingerprint density at radius 3 is 2.43 bits per heavy atom. The molecule has 160 valence electrons. The molecule has 0 bridgehead atoms. The molecule has 1 aliphatic heterocycles. The third-order valence-electron chi connectivity index (χ3n) is 5.03. The number of hydrogen-bond donors (Lipinski definition) is 2. The highest BCUT2D eigenvalue weighted by molar-refractivity contribution is 6.39. The summed E-state index contributed by atoms with van der Waals surface area (Å²) in [4.78, 5) is 28.8. The van der Waals surface area contributed by atoms with Gasteiger partial charge in [0.1, 0.15) is 5.82 Å². The Kier molecular flexibility index (Phi) is 7.37. The summed E-state index contributed by atoms with van der Waals surface area (Å²) in [5, 5.41) is 5.13. The lowest BCUT2D eigenvalue weighted by Crippen LogP contribution is -2.45. The van der Waals surface area contributed by atoms with Gasteiger partial charge in [-0.3, -0.25) is 14.5 Å². The van der Waals surface area contributed by atoms with Gasteiger partial charge in [0, 0.05) is 45.1 Å². The molecule has 2 aromatic carbocycles. The Morgan fingerprint density at radius 1 is 1.10 bits per heavy atom. The SMILES string of the molecule is CN(C)c1ccc([C@@H](CNC(=O)C(=O)Nc2cccc(F)c2)N2CCOCC2)cc1. The summed E-state index contributed by atoms with van der Waals surface area (Å²) in [6.45, 7) is 3.01. The first kappa shape index (κ1) is 21.7. The normalized spacial score (nSPS) is 15.3. The number of carbonyl (C=O) groups is 2. The molecular weight excluding hydrogens is 387 g/mol. The van der Waals surface area contributed by atoms with Crippen LogP contribution in [0.25, 0.3) is 0 Å². The van der Waals surface area contributed by atoms with E-state index in [9.17, 15) is 14.0 Å². The van der Waals surface area contributed by atoms with Gasteiger partial charge in [0.05, 0.1) is 19.3 Å². The molecule has 1 aliphatic rings. The van der Waals surface area contributed by atoms with E-state index in [-0.39, 0.29) is 18.3 Å². The van der Waals surface area contributed by atoms with Crippen LogP contribution in [0.5, 0.6) is 0 Å². The number of morpholine rings is 1. The van der Waals surface area contributed by atoms with Crippen LogP contribution in [0.15, 0.2) is 48.5 Å². The number of ether oxygens (including phenoxy) is 1. The second kappa shape index (κ2) is 10.2. The molecule has 0 radical (unpaired) electrons. The number of hydrogen-bond acceptors (Lipinski definition) is 5. The maximum Gasteiger partial charge on any atom is 0.313 e. The Morgan fingerprint density at radius 2 is 1.80 bits per heavy atom. The number of halogens is 1. The molecule has 30 heavy (non-hydrogen) atoms. The van der Waals surface area contributed by atoms with Crippen LogP contribution in [0.2, 0.25) is 0 Å². The van der Waals surface area contributed by atoms with Gasteiger partial charge in [-0.1, -0.05) is 18.2 Å². The molecule has 2 N–H and O–H groups in total. The highest BCUT2D eigenvalue weighted by atomic mass is 19.1. The molecule has 1 saturated heterocycles. The monoisotopic (exact) mass is 414 g/mol. The molecule has 7 nitrogen and oxygen atoms in total. The maximum atomic E-state index is 13.3. The van der Waals surface area contributed by atoms with E-state index < -0.39 is 17.6 Å². The minimum atomic E-state index is -0.829. The van der Waals surface area contributed by atoms with Crippen LogP contribution in [0.4, 0.5) is 15.8 Å². The summed E-state index contributed by atoms with van der Waals surface area (Å²) in [6, 6.07) is 13.5. The van der Waals surface area contributed by atoms with Gasteiger partial charge in [0.2, 0.25) is 0 Å². The van der Waals surface area contributed by atoms with Gasteiger partial charge in [-0.25, -0.2) is 4.39 Å². The van der Waals surface area contributed by atoms with Crippen molar-refractivity contribution < 1.29 is 18.7 Å². The van der Waals surface area contributed by atoms with Crippen LogP contribution in [0.1, 0.15) is 11.6 Å². The second-order valence-corrected chi connectivity index (χ2v) is 7.32. The van der Waals surface area contributed by atoms with Gasteiger partial charge in [-0.05, 0) is 35.9 Å². The van der Waals surface area contributed by atoms with Gasteiger partial charge in [-0.15, -0.1) is 0 Å². The van der Waals surface area contributed by atoms with Crippen molar-refractivity contribution in [3.05, 3.63) is 59.9 Å². The molecular formula is C22H27FN4O3. The molecule has 0 aliphatic carbocycles. The number of nitrogens with zero attached hydrogens (tertiary/aromatic N) is 2. The molecule has 0 unspecified atom stereocenters. The first-order valence-corrected chi connectivity index (χ1v) is 9.88. The molecule has 1 heterocycles. The van der Waals surface area contributed by atoms with Crippen LogP contribution in [0.3, 0.4) is 0 Å². The molecule has 1 atom stereocenters. The van der Waals surface area contributed by atoms with Crippen LogP contribution in [0, 0.1) is 5.82 Å². The predicted octanol–water partition coefficient (Wildman–Crippen LogP) is 2.02. The van der Waals surface area contributed by atoms with Gasteiger partial charge in [0.25, 0.3) is 0 Å². The van der Waals surface area contributed by atoms with Gasteiger partial charge >= 0.3 is 11.8 Å². The van der Waals surface area contributed by atoms with E-state index in [1.165, 1.54) is 18.2 Å². The smallest absolute Gasteiger partial charge is 0.313 e. The van der Waals surface area contributed by atoms with Crippen LogP contribution < -0.4 is 15.5 Å². The van der Waals surface area contributed by atoms with Crippen molar-refractivity contribution in [2.75, 3.05) is 57.2 Å². The quantitative estimate of drug-likeness (QED) is 0.708. The predicted molar refractivity (Wildman–Crippen MR) is 114 cm³/mol.